The largest absolute Gasteiger partial charge is 0.480 e. The first-order chi connectivity index (χ1) is 14.6. The standard InChI is InChI=1S/C18H21FN8O3S/c1-18(9-31(28,29)27(2)17(20)26-18)10-6-13(22-7-11(10)19)25-16-15-12(4-5-21-16)24-14(30-3)8-23-15/h4-8,28-29H,9H2,1-3H3,(H2,20,26)(H,21,22,25)/t18-/m0/s1. The lowest BCUT2D eigenvalue weighted by Crippen LogP contribution is -2.48. The minimum Gasteiger partial charge on any atom is -0.480 e. The molecular formula is C18H21FN8O3S. The summed E-state index contributed by atoms with van der Waals surface area (Å²) in [4.78, 5) is 21.3. The number of rotatable bonds is 4. The Bertz CT molecular complexity index is 1190. The van der Waals surface area contributed by atoms with Gasteiger partial charge in [-0.25, -0.2) is 33.6 Å². The predicted molar refractivity (Wildman–Crippen MR) is 116 cm³/mol. The van der Waals surface area contributed by atoms with Crippen LogP contribution in [0.2, 0.25) is 0 Å². The lowest BCUT2D eigenvalue weighted by molar-refractivity contribution is 0.390. The summed E-state index contributed by atoms with van der Waals surface area (Å²) in [5, 5.41) is 3.01. The van der Waals surface area contributed by atoms with E-state index in [2.05, 4.69) is 30.2 Å². The Morgan fingerprint density at radius 2 is 2.06 bits per heavy atom. The molecule has 0 radical (unpaired) electrons. The number of ether oxygens (including phenoxy) is 1. The van der Waals surface area contributed by atoms with Crippen LogP contribution >= 0.6 is 10.8 Å². The average molecular weight is 448 g/mol. The Morgan fingerprint density at radius 1 is 1.29 bits per heavy atom. The zero-order chi connectivity index (χ0) is 22.4. The summed E-state index contributed by atoms with van der Waals surface area (Å²) in [7, 11) is -0.346. The Hall–Kier alpha value is -3.29. The van der Waals surface area contributed by atoms with Crippen LogP contribution in [-0.4, -0.2) is 59.2 Å². The lowest BCUT2D eigenvalue weighted by Gasteiger charge is -2.49. The van der Waals surface area contributed by atoms with Gasteiger partial charge < -0.3 is 15.8 Å². The van der Waals surface area contributed by atoms with Crippen molar-refractivity contribution in [3.8, 4) is 5.88 Å². The van der Waals surface area contributed by atoms with E-state index in [1.54, 1.807) is 19.2 Å². The number of hydrogen-bond donors (Lipinski definition) is 4. The molecule has 31 heavy (non-hydrogen) atoms. The number of nitrogens with zero attached hydrogens (tertiary/aromatic N) is 6. The lowest BCUT2D eigenvalue weighted by atomic mass is 9.95. The van der Waals surface area contributed by atoms with Crippen LogP contribution in [0.1, 0.15) is 12.5 Å². The first-order valence-corrected chi connectivity index (χ1v) is 10.7. The first kappa shape index (κ1) is 21.0. The Labute approximate surface area is 178 Å². The molecule has 4 heterocycles. The number of nitrogens with two attached hydrogens (primary N) is 1. The number of anilines is 2. The van der Waals surface area contributed by atoms with Gasteiger partial charge >= 0.3 is 0 Å². The van der Waals surface area contributed by atoms with E-state index < -0.39 is 22.1 Å². The van der Waals surface area contributed by atoms with Gasteiger partial charge in [0.05, 0.1) is 30.8 Å². The number of halogens is 1. The van der Waals surface area contributed by atoms with Crippen molar-refractivity contribution in [1.29, 1.82) is 0 Å². The molecule has 0 saturated carbocycles. The van der Waals surface area contributed by atoms with Crippen LogP contribution in [0.15, 0.2) is 35.7 Å². The highest BCUT2D eigenvalue weighted by atomic mass is 32.3. The van der Waals surface area contributed by atoms with Crippen molar-refractivity contribution in [1.82, 2.24) is 24.2 Å². The monoisotopic (exact) mass is 448 g/mol. The minimum atomic E-state index is -3.26. The SMILES string of the molecule is COc1cnc2c(Nc3cc([C@]4(C)CS(O)(O)N(C)C(N)=N4)c(F)cn3)nccc2n1. The quantitative estimate of drug-likeness (QED) is 0.468. The molecule has 0 spiro atoms. The van der Waals surface area contributed by atoms with Gasteiger partial charge in [-0.15, -0.1) is 10.8 Å². The van der Waals surface area contributed by atoms with Crippen molar-refractivity contribution in [3.63, 3.8) is 0 Å². The van der Waals surface area contributed by atoms with Crippen molar-refractivity contribution in [3.05, 3.63) is 42.1 Å². The maximum Gasteiger partial charge on any atom is 0.232 e. The Morgan fingerprint density at radius 3 is 2.77 bits per heavy atom. The van der Waals surface area contributed by atoms with E-state index >= 15 is 0 Å². The normalized spacial score (nSPS) is 21.5. The summed E-state index contributed by atoms with van der Waals surface area (Å²) in [6.07, 6.45) is 4.03. The van der Waals surface area contributed by atoms with Crippen LogP contribution in [0.4, 0.5) is 16.0 Å². The third-order valence-corrected chi connectivity index (χ3v) is 6.94. The van der Waals surface area contributed by atoms with Gasteiger partial charge in [0, 0.05) is 18.8 Å². The van der Waals surface area contributed by atoms with Crippen LogP contribution in [0.3, 0.4) is 0 Å². The molecule has 11 nitrogen and oxygen atoms in total. The molecule has 0 unspecified atom stereocenters. The molecule has 1 atom stereocenters. The third-order valence-electron chi connectivity index (χ3n) is 4.93. The molecule has 3 aromatic rings. The molecule has 0 amide bonds. The summed E-state index contributed by atoms with van der Waals surface area (Å²) in [5.74, 6) is 0.00338. The molecule has 1 aliphatic rings. The molecule has 164 valence electrons. The highest BCUT2D eigenvalue weighted by Gasteiger charge is 2.42. The smallest absolute Gasteiger partial charge is 0.232 e. The van der Waals surface area contributed by atoms with Crippen molar-refractivity contribution in [2.75, 3.05) is 25.2 Å². The maximum atomic E-state index is 14.7. The Balaban J connectivity index is 1.74. The molecule has 4 rings (SSSR count). The number of aliphatic imine (C=N–C) groups is 1. The number of aromatic nitrogens is 4. The molecule has 1 aliphatic heterocycles. The van der Waals surface area contributed by atoms with E-state index in [0.717, 1.165) is 10.5 Å². The van der Waals surface area contributed by atoms with Crippen LogP contribution < -0.4 is 15.8 Å². The van der Waals surface area contributed by atoms with Crippen LogP contribution in [0.5, 0.6) is 5.88 Å². The summed E-state index contributed by atoms with van der Waals surface area (Å²) in [6, 6.07) is 3.12. The van der Waals surface area contributed by atoms with Gasteiger partial charge in [-0.2, -0.15) is 0 Å². The maximum absolute atomic E-state index is 14.7. The second-order valence-corrected chi connectivity index (χ2v) is 9.23. The zero-order valence-electron chi connectivity index (χ0n) is 16.9. The van der Waals surface area contributed by atoms with Crippen molar-refractivity contribution in [2.24, 2.45) is 10.7 Å². The molecule has 3 aromatic heterocycles. The van der Waals surface area contributed by atoms with E-state index in [0.29, 0.717) is 22.7 Å². The summed E-state index contributed by atoms with van der Waals surface area (Å²) in [5.41, 5.74) is 5.67. The highest BCUT2D eigenvalue weighted by molar-refractivity contribution is 8.22. The van der Waals surface area contributed by atoms with E-state index in [-0.39, 0.29) is 23.1 Å². The van der Waals surface area contributed by atoms with E-state index in [1.807, 2.05) is 0 Å². The van der Waals surface area contributed by atoms with E-state index in [4.69, 9.17) is 10.5 Å². The molecule has 0 bridgehead atoms. The summed E-state index contributed by atoms with van der Waals surface area (Å²) < 4.78 is 41.7. The van der Waals surface area contributed by atoms with Crippen LogP contribution in [-0.2, 0) is 5.54 Å². The molecule has 0 fully saturated rings. The van der Waals surface area contributed by atoms with Gasteiger partial charge in [0.2, 0.25) is 11.8 Å². The molecule has 0 saturated heterocycles. The summed E-state index contributed by atoms with van der Waals surface area (Å²) >= 11 is 0. The van der Waals surface area contributed by atoms with Gasteiger partial charge in [0.25, 0.3) is 0 Å². The number of methoxy groups -OCH3 is 1. The number of guanidine groups is 1. The Kier molecular flexibility index (Phi) is 5.03. The van der Waals surface area contributed by atoms with Crippen molar-refractivity contribution < 1.29 is 18.2 Å². The second kappa shape index (κ2) is 7.44. The summed E-state index contributed by atoms with van der Waals surface area (Å²) in [6.45, 7) is 1.58. The molecule has 0 aromatic carbocycles. The number of fused-ring (bicyclic) bond motifs is 1. The fourth-order valence-electron chi connectivity index (χ4n) is 3.28. The van der Waals surface area contributed by atoms with Crippen LogP contribution in [0, 0.1) is 5.82 Å². The van der Waals surface area contributed by atoms with E-state index in [1.165, 1.54) is 26.4 Å². The minimum absolute atomic E-state index is 0.0978. The average Bonchev–Trinajstić information content (AvgIpc) is 2.72. The predicted octanol–water partition coefficient (Wildman–Crippen LogP) is 2.45. The van der Waals surface area contributed by atoms with Crippen LogP contribution in [0.25, 0.3) is 11.0 Å². The van der Waals surface area contributed by atoms with Crippen molar-refractivity contribution in [2.45, 2.75) is 12.5 Å². The van der Waals surface area contributed by atoms with Gasteiger partial charge in [0.15, 0.2) is 5.82 Å². The number of hydrogen-bond acceptors (Lipinski definition) is 11. The van der Waals surface area contributed by atoms with Crippen molar-refractivity contribution >= 4 is 39.4 Å². The topological polar surface area (TPSA) is 155 Å². The zero-order valence-corrected chi connectivity index (χ0v) is 17.8. The molecule has 0 aliphatic carbocycles. The number of nitrogens with one attached hydrogen (secondary N) is 1. The van der Waals surface area contributed by atoms with Gasteiger partial charge in [0.1, 0.15) is 22.7 Å². The van der Waals surface area contributed by atoms with Gasteiger partial charge in [-0.05, 0) is 19.1 Å². The number of pyridine rings is 2. The molecule has 5 N–H and O–H groups in total. The van der Waals surface area contributed by atoms with E-state index in [9.17, 15) is 13.5 Å². The fourth-order valence-corrected chi connectivity index (χ4v) is 4.78. The third kappa shape index (κ3) is 3.78. The first-order valence-electron chi connectivity index (χ1n) is 9.07. The highest BCUT2D eigenvalue weighted by Crippen LogP contribution is 2.51. The van der Waals surface area contributed by atoms with Gasteiger partial charge in [-0.1, -0.05) is 0 Å². The second-order valence-electron chi connectivity index (χ2n) is 7.13. The molecule has 13 heteroatoms. The van der Waals surface area contributed by atoms with Gasteiger partial charge in [-0.3, -0.25) is 9.11 Å². The molecular weight excluding hydrogens is 427 g/mol. The fraction of sp³-hybridized carbons (Fsp3) is 0.278.